The number of imidazole rings is 1. The molecule has 1 aliphatic rings. The van der Waals surface area contributed by atoms with Gasteiger partial charge in [0.1, 0.15) is 11.3 Å². The van der Waals surface area contributed by atoms with Crippen molar-refractivity contribution in [3.8, 4) is 0 Å². The van der Waals surface area contributed by atoms with Gasteiger partial charge in [-0.25, -0.2) is 9.97 Å². The van der Waals surface area contributed by atoms with E-state index in [2.05, 4.69) is 9.97 Å². The van der Waals surface area contributed by atoms with E-state index in [4.69, 9.17) is 11.6 Å². The minimum Gasteiger partial charge on any atom is -0.378 e. The Balaban J connectivity index is 1.66. The molecule has 0 bridgehead atoms. The molecule has 2 aromatic heterocycles. The highest BCUT2D eigenvalue weighted by molar-refractivity contribution is 6.36. The van der Waals surface area contributed by atoms with Gasteiger partial charge in [-0.1, -0.05) is 48.0 Å². The predicted molar refractivity (Wildman–Crippen MR) is 142 cm³/mol. The Morgan fingerprint density at radius 2 is 1.82 bits per heavy atom. The molecule has 1 N–H and O–H groups in total. The fraction of sp³-hybridized carbons (Fsp3) is 0.345. The van der Waals surface area contributed by atoms with Gasteiger partial charge in [0, 0.05) is 50.3 Å². The Labute approximate surface area is 229 Å². The number of piperidine rings is 1. The highest BCUT2D eigenvalue weighted by Gasteiger charge is 2.44. The van der Waals surface area contributed by atoms with Crippen LogP contribution in [0.1, 0.15) is 47.8 Å². The molecule has 0 radical (unpaired) electrons. The highest BCUT2D eigenvalue weighted by atomic mass is 35.5. The molecule has 204 valence electrons. The molecule has 0 aliphatic carbocycles. The number of alkyl halides is 3. The van der Waals surface area contributed by atoms with E-state index in [1.807, 2.05) is 0 Å². The van der Waals surface area contributed by atoms with Crippen molar-refractivity contribution in [1.29, 1.82) is 0 Å². The number of halogens is 4. The number of nitrogens with zero attached hydrogens (tertiary/aromatic N) is 4. The fourth-order valence-corrected chi connectivity index (χ4v) is 5.93. The Bertz CT molecular complexity index is 1510. The van der Waals surface area contributed by atoms with Crippen LogP contribution in [0.5, 0.6) is 0 Å². The number of amides is 1. The Kier molecular flexibility index (Phi) is 7.15. The second-order valence-electron chi connectivity index (χ2n) is 10.1. The van der Waals surface area contributed by atoms with E-state index in [-0.39, 0.29) is 34.3 Å². The molecule has 39 heavy (non-hydrogen) atoms. The van der Waals surface area contributed by atoms with E-state index < -0.39 is 17.5 Å². The van der Waals surface area contributed by atoms with Gasteiger partial charge in [0.2, 0.25) is 5.91 Å². The number of aliphatic hydroxyl groups is 1. The largest absolute Gasteiger partial charge is 0.433 e. The molecular formula is C29H28ClF3N4O2. The first-order chi connectivity index (χ1) is 18.5. The summed E-state index contributed by atoms with van der Waals surface area (Å²) in [5.74, 6) is -0.293. The number of carbonyl (C=O) groups excluding carboxylic acids is 1. The zero-order valence-corrected chi connectivity index (χ0v) is 22.3. The van der Waals surface area contributed by atoms with Crippen LogP contribution in [0.4, 0.5) is 13.2 Å². The number of hydrogen-bond donors (Lipinski definition) is 1. The maximum atomic E-state index is 14.1. The predicted octanol–water partition coefficient (Wildman–Crippen LogP) is 5.73. The molecule has 1 atom stereocenters. The third-order valence-electron chi connectivity index (χ3n) is 7.69. The number of pyridine rings is 1. The number of benzene rings is 2. The first-order valence-electron chi connectivity index (χ1n) is 12.7. The molecule has 1 amide bonds. The van der Waals surface area contributed by atoms with Gasteiger partial charge >= 0.3 is 6.18 Å². The number of likely N-dealkylation sites (tertiary alicyclic amines) is 1. The molecule has 2 aromatic carbocycles. The Morgan fingerprint density at radius 1 is 1.13 bits per heavy atom. The van der Waals surface area contributed by atoms with Crippen molar-refractivity contribution in [2.45, 2.75) is 38.0 Å². The van der Waals surface area contributed by atoms with E-state index in [0.29, 0.717) is 48.1 Å². The van der Waals surface area contributed by atoms with Crippen LogP contribution in [0.15, 0.2) is 61.1 Å². The topological polar surface area (TPSA) is 71.2 Å². The van der Waals surface area contributed by atoms with Crippen molar-refractivity contribution in [2.24, 2.45) is 13.0 Å². The average Bonchev–Trinajstić information content (AvgIpc) is 3.36. The molecule has 10 heteroatoms. The number of hydrogen-bond acceptors (Lipinski definition) is 4. The van der Waals surface area contributed by atoms with E-state index >= 15 is 0 Å². The first kappa shape index (κ1) is 27.1. The maximum Gasteiger partial charge on any atom is 0.433 e. The monoisotopic (exact) mass is 556 g/mol. The highest BCUT2D eigenvalue weighted by Crippen LogP contribution is 2.44. The van der Waals surface area contributed by atoms with Crippen LogP contribution in [0, 0.1) is 5.92 Å². The van der Waals surface area contributed by atoms with Crippen LogP contribution in [0.3, 0.4) is 0 Å². The standard InChI is InChI=1S/C29H28ClF3N4O2/c1-18(38)37-12-10-20(11-13-37)28(39,25-16-34-17-36(25)2)21-8-9-24-22(15-21)26(30)23(27(35-24)29(31,32)33)14-19-6-4-3-5-7-19/h3-9,15-17,20,39H,10-14H2,1-2H3. The lowest BCUT2D eigenvalue weighted by atomic mass is 9.73. The average molecular weight is 557 g/mol. The van der Waals surface area contributed by atoms with Gasteiger partial charge in [-0.15, -0.1) is 0 Å². The van der Waals surface area contributed by atoms with E-state index in [1.165, 1.54) is 13.0 Å². The third kappa shape index (κ3) is 5.01. The Morgan fingerprint density at radius 3 is 2.41 bits per heavy atom. The van der Waals surface area contributed by atoms with Crippen LogP contribution in [-0.2, 0) is 30.0 Å². The number of aromatic nitrogens is 3. The molecule has 1 saturated heterocycles. The smallest absolute Gasteiger partial charge is 0.378 e. The van der Waals surface area contributed by atoms with Gasteiger partial charge in [0.15, 0.2) is 0 Å². The summed E-state index contributed by atoms with van der Waals surface area (Å²) in [6.45, 7) is 2.51. The lowest BCUT2D eigenvalue weighted by Gasteiger charge is -2.42. The summed E-state index contributed by atoms with van der Waals surface area (Å²) in [5.41, 5.74) is -0.863. The summed E-state index contributed by atoms with van der Waals surface area (Å²) >= 11 is 6.74. The number of rotatable bonds is 5. The first-order valence-corrected chi connectivity index (χ1v) is 13.1. The lowest BCUT2D eigenvalue weighted by Crippen LogP contribution is -2.46. The summed E-state index contributed by atoms with van der Waals surface area (Å²) in [4.78, 5) is 21.8. The van der Waals surface area contributed by atoms with Crippen LogP contribution in [-0.4, -0.2) is 43.5 Å². The molecular weight excluding hydrogens is 529 g/mol. The number of aryl methyl sites for hydroxylation is 1. The number of carbonyl (C=O) groups is 1. The summed E-state index contributed by atoms with van der Waals surface area (Å²) < 4.78 is 44.0. The zero-order valence-electron chi connectivity index (χ0n) is 21.5. The van der Waals surface area contributed by atoms with Crippen molar-refractivity contribution < 1.29 is 23.1 Å². The third-order valence-corrected chi connectivity index (χ3v) is 8.12. The second kappa shape index (κ2) is 10.3. The van der Waals surface area contributed by atoms with E-state index in [9.17, 15) is 23.1 Å². The Hall–Kier alpha value is -3.43. The van der Waals surface area contributed by atoms with Crippen LogP contribution >= 0.6 is 11.6 Å². The van der Waals surface area contributed by atoms with Gasteiger partial charge in [0.05, 0.1) is 28.8 Å². The lowest BCUT2D eigenvalue weighted by molar-refractivity contribution is -0.141. The molecule has 0 spiro atoms. The SMILES string of the molecule is CC(=O)N1CCC(C(O)(c2ccc3nc(C(F)(F)F)c(Cc4ccccc4)c(Cl)c3c2)c2cncn2C)CC1. The van der Waals surface area contributed by atoms with Gasteiger partial charge in [-0.3, -0.25) is 4.79 Å². The zero-order chi connectivity index (χ0) is 27.9. The van der Waals surface area contributed by atoms with Crippen molar-refractivity contribution in [3.05, 3.63) is 94.2 Å². The fourth-order valence-electron chi connectivity index (χ4n) is 5.63. The van der Waals surface area contributed by atoms with Gasteiger partial charge < -0.3 is 14.6 Å². The van der Waals surface area contributed by atoms with Gasteiger partial charge in [-0.2, -0.15) is 13.2 Å². The van der Waals surface area contributed by atoms with Crippen molar-refractivity contribution in [1.82, 2.24) is 19.4 Å². The van der Waals surface area contributed by atoms with Crippen molar-refractivity contribution >= 4 is 28.4 Å². The summed E-state index contributed by atoms with van der Waals surface area (Å²) in [5, 5.41) is 12.7. The summed E-state index contributed by atoms with van der Waals surface area (Å²) in [6.07, 6.45) is -0.476. The number of fused-ring (bicyclic) bond motifs is 1. The molecule has 0 saturated carbocycles. The molecule has 5 rings (SSSR count). The normalized spacial score (nSPS) is 16.4. The maximum absolute atomic E-state index is 14.1. The second-order valence-corrected chi connectivity index (χ2v) is 10.5. The minimum absolute atomic E-state index is 0.0208. The van der Waals surface area contributed by atoms with Gasteiger partial charge in [-0.05, 0) is 36.1 Å². The van der Waals surface area contributed by atoms with E-state index in [1.54, 1.807) is 71.5 Å². The molecule has 1 fully saturated rings. The van der Waals surface area contributed by atoms with E-state index in [0.717, 1.165) is 0 Å². The minimum atomic E-state index is -4.69. The van der Waals surface area contributed by atoms with Crippen LogP contribution < -0.4 is 0 Å². The van der Waals surface area contributed by atoms with Gasteiger partial charge in [0.25, 0.3) is 0 Å². The van der Waals surface area contributed by atoms with Crippen LogP contribution in [0.25, 0.3) is 10.9 Å². The summed E-state index contributed by atoms with van der Waals surface area (Å²) in [6, 6.07) is 13.5. The molecule has 1 aliphatic heterocycles. The van der Waals surface area contributed by atoms with Crippen molar-refractivity contribution in [3.63, 3.8) is 0 Å². The molecule has 3 heterocycles. The molecule has 6 nitrogen and oxygen atoms in total. The molecule has 1 unspecified atom stereocenters. The van der Waals surface area contributed by atoms with Crippen molar-refractivity contribution in [2.75, 3.05) is 13.1 Å². The summed E-state index contributed by atoms with van der Waals surface area (Å²) in [7, 11) is 1.78. The molecule has 4 aromatic rings. The van der Waals surface area contributed by atoms with Crippen LogP contribution in [0.2, 0.25) is 5.02 Å². The quantitative estimate of drug-likeness (QED) is 0.341.